The van der Waals surface area contributed by atoms with E-state index in [0.29, 0.717) is 0 Å². The molecule has 0 unspecified atom stereocenters. The second kappa shape index (κ2) is 21.1. The maximum absolute atomic E-state index is 5.47. The van der Waals surface area contributed by atoms with Crippen molar-refractivity contribution >= 4 is 21.2 Å². The molecular formula is C21H48ClNO3Si. The van der Waals surface area contributed by atoms with Gasteiger partial charge in [0.1, 0.15) is 0 Å². The van der Waals surface area contributed by atoms with Gasteiger partial charge in [-0.3, -0.25) is 0 Å². The maximum atomic E-state index is 5.47. The summed E-state index contributed by atoms with van der Waals surface area (Å²) in [4.78, 5) is 2.43. The zero-order chi connectivity index (χ0) is 19.5. The standard InChI is InChI=1S/C21H47NO3Si.ClH/c1-6-7-8-9-10-11-12-13-14-15-16-17-19-22(2)20-18-21-26(23-3,24-4)25-5;/h6-21H2,1-5H3;1H. The largest absolute Gasteiger partial charge is 0.500 e. The summed E-state index contributed by atoms with van der Waals surface area (Å²) < 4.78 is 16.4. The Morgan fingerprint density at radius 1 is 0.593 bits per heavy atom. The average Bonchev–Trinajstić information content (AvgIpc) is 2.66. The number of unbranched alkanes of at least 4 members (excludes halogenated alkanes) is 11. The Hall–Kier alpha value is 0.347. The van der Waals surface area contributed by atoms with Crippen LogP contribution in [0.2, 0.25) is 6.04 Å². The van der Waals surface area contributed by atoms with Gasteiger partial charge >= 0.3 is 8.80 Å². The first-order valence-electron chi connectivity index (χ1n) is 11.0. The fraction of sp³-hybridized carbons (Fsp3) is 1.00. The minimum Gasteiger partial charge on any atom is -0.377 e. The maximum Gasteiger partial charge on any atom is 0.500 e. The molecule has 0 aliphatic carbocycles. The molecule has 0 bridgehead atoms. The lowest BCUT2D eigenvalue weighted by molar-refractivity contribution is 0.122. The van der Waals surface area contributed by atoms with E-state index in [1.807, 2.05) is 0 Å². The van der Waals surface area contributed by atoms with Crippen molar-refractivity contribution < 1.29 is 13.3 Å². The highest BCUT2D eigenvalue weighted by atomic mass is 35.5. The van der Waals surface area contributed by atoms with Gasteiger partial charge in [0.2, 0.25) is 0 Å². The van der Waals surface area contributed by atoms with Crippen LogP contribution in [0.5, 0.6) is 0 Å². The van der Waals surface area contributed by atoms with Crippen LogP contribution in [0.4, 0.5) is 0 Å². The fourth-order valence-electron chi connectivity index (χ4n) is 3.46. The van der Waals surface area contributed by atoms with E-state index >= 15 is 0 Å². The molecule has 27 heavy (non-hydrogen) atoms. The Bertz CT molecular complexity index is 286. The third-order valence-corrected chi connectivity index (χ3v) is 8.18. The normalized spacial score (nSPS) is 11.8. The van der Waals surface area contributed by atoms with Gasteiger partial charge in [0, 0.05) is 27.4 Å². The smallest absolute Gasteiger partial charge is 0.377 e. The molecule has 0 radical (unpaired) electrons. The SMILES string of the molecule is CCCCCCCCCCCCCCN(C)CCC[Si](OC)(OC)OC.Cl. The number of nitrogens with zero attached hydrogens (tertiary/aromatic N) is 1. The molecular weight excluding hydrogens is 378 g/mol. The van der Waals surface area contributed by atoms with Crippen LogP contribution in [0.25, 0.3) is 0 Å². The van der Waals surface area contributed by atoms with Crippen LogP contribution in [0.3, 0.4) is 0 Å². The van der Waals surface area contributed by atoms with Crippen LogP contribution in [0.15, 0.2) is 0 Å². The molecule has 0 atom stereocenters. The van der Waals surface area contributed by atoms with Crippen LogP contribution in [0.1, 0.15) is 90.4 Å². The lowest BCUT2D eigenvalue weighted by Gasteiger charge is -2.25. The summed E-state index contributed by atoms with van der Waals surface area (Å²) in [5, 5.41) is 0. The third kappa shape index (κ3) is 17.0. The molecule has 4 nitrogen and oxygen atoms in total. The summed E-state index contributed by atoms with van der Waals surface area (Å²) in [6.45, 7) is 4.57. The molecule has 0 rings (SSSR count). The number of halogens is 1. The van der Waals surface area contributed by atoms with Crippen molar-refractivity contribution in [2.75, 3.05) is 41.5 Å². The summed E-state index contributed by atoms with van der Waals surface area (Å²) in [7, 11) is 4.91. The van der Waals surface area contributed by atoms with Crippen molar-refractivity contribution in [1.29, 1.82) is 0 Å². The first-order chi connectivity index (χ1) is 12.6. The van der Waals surface area contributed by atoms with Gasteiger partial charge in [0.25, 0.3) is 0 Å². The summed E-state index contributed by atoms with van der Waals surface area (Å²) in [6.07, 6.45) is 18.0. The van der Waals surface area contributed by atoms with E-state index < -0.39 is 8.80 Å². The van der Waals surface area contributed by atoms with E-state index in [2.05, 4.69) is 18.9 Å². The lowest BCUT2D eigenvalue weighted by Crippen LogP contribution is -2.43. The number of hydrogen-bond donors (Lipinski definition) is 0. The molecule has 0 spiro atoms. The Morgan fingerprint density at radius 2 is 0.963 bits per heavy atom. The van der Waals surface area contributed by atoms with Crippen molar-refractivity contribution in [1.82, 2.24) is 4.90 Å². The highest BCUT2D eigenvalue weighted by Crippen LogP contribution is 2.15. The van der Waals surface area contributed by atoms with Gasteiger partial charge in [0.05, 0.1) is 0 Å². The van der Waals surface area contributed by atoms with E-state index in [-0.39, 0.29) is 12.4 Å². The second-order valence-corrected chi connectivity index (χ2v) is 10.7. The van der Waals surface area contributed by atoms with Crippen LogP contribution in [-0.4, -0.2) is 55.2 Å². The van der Waals surface area contributed by atoms with Gasteiger partial charge in [-0.15, -0.1) is 12.4 Å². The number of rotatable bonds is 20. The summed E-state index contributed by atoms with van der Waals surface area (Å²) in [6, 6.07) is 0.888. The molecule has 0 N–H and O–H groups in total. The Morgan fingerprint density at radius 3 is 1.37 bits per heavy atom. The zero-order valence-electron chi connectivity index (χ0n) is 18.9. The molecule has 0 aliphatic heterocycles. The van der Waals surface area contributed by atoms with Crippen molar-refractivity contribution in [2.24, 2.45) is 0 Å². The van der Waals surface area contributed by atoms with Gasteiger partial charge in [-0.25, -0.2) is 0 Å². The average molecular weight is 426 g/mol. The first-order valence-corrected chi connectivity index (χ1v) is 12.9. The molecule has 0 amide bonds. The van der Waals surface area contributed by atoms with E-state index in [4.69, 9.17) is 13.3 Å². The van der Waals surface area contributed by atoms with E-state index in [9.17, 15) is 0 Å². The predicted octanol–water partition coefficient (Wildman–Crippen LogP) is 6.31. The molecule has 0 aromatic heterocycles. The molecule has 0 saturated heterocycles. The summed E-state index contributed by atoms with van der Waals surface area (Å²) in [5.41, 5.74) is 0. The van der Waals surface area contributed by atoms with Gasteiger partial charge in [-0.1, -0.05) is 77.6 Å². The minimum atomic E-state index is -2.38. The first kappa shape index (κ1) is 29.5. The van der Waals surface area contributed by atoms with Crippen molar-refractivity contribution in [2.45, 2.75) is 96.4 Å². The quantitative estimate of drug-likeness (QED) is 0.169. The molecule has 0 heterocycles. The highest BCUT2D eigenvalue weighted by molar-refractivity contribution is 6.60. The summed E-state index contributed by atoms with van der Waals surface area (Å²) in [5.74, 6) is 0. The molecule has 0 aromatic carbocycles. The molecule has 0 aliphatic rings. The Kier molecular flexibility index (Phi) is 23.1. The molecule has 0 aromatic rings. The zero-order valence-corrected chi connectivity index (χ0v) is 20.7. The Labute approximate surface area is 177 Å². The van der Waals surface area contributed by atoms with Crippen LogP contribution >= 0.6 is 12.4 Å². The monoisotopic (exact) mass is 425 g/mol. The van der Waals surface area contributed by atoms with Crippen molar-refractivity contribution in [3.8, 4) is 0 Å². The Balaban J connectivity index is 0. The molecule has 166 valence electrons. The van der Waals surface area contributed by atoms with Gasteiger partial charge < -0.3 is 18.2 Å². The fourth-order valence-corrected chi connectivity index (χ4v) is 5.16. The molecule has 6 heteroatoms. The molecule has 0 fully saturated rings. The van der Waals surface area contributed by atoms with Gasteiger partial charge in [0.15, 0.2) is 0 Å². The number of hydrogen-bond acceptors (Lipinski definition) is 4. The third-order valence-electron chi connectivity index (χ3n) is 5.35. The van der Waals surface area contributed by atoms with Crippen LogP contribution < -0.4 is 0 Å². The van der Waals surface area contributed by atoms with E-state index in [0.717, 1.165) is 19.0 Å². The summed E-state index contributed by atoms with van der Waals surface area (Å²) >= 11 is 0. The van der Waals surface area contributed by atoms with Crippen LogP contribution in [-0.2, 0) is 13.3 Å². The lowest BCUT2D eigenvalue weighted by atomic mass is 10.1. The van der Waals surface area contributed by atoms with E-state index in [1.165, 1.54) is 83.6 Å². The van der Waals surface area contributed by atoms with Crippen molar-refractivity contribution in [3.63, 3.8) is 0 Å². The predicted molar refractivity (Wildman–Crippen MR) is 122 cm³/mol. The van der Waals surface area contributed by atoms with E-state index in [1.54, 1.807) is 21.3 Å². The molecule has 0 saturated carbocycles. The topological polar surface area (TPSA) is 30.9 Å². The second-order valence-electron chi connectivity index (χ2n) is 7.59. The van der Waals surface area contributed by atoms with Gasteiger partial charge in [-0.2, -0.15) is 0 Å². The van der Waals surface area contributed by atoms with Crippen LogP contribution in [0, 0.1) is 0 Å². The van der Waals surface area contributed by atoms with Crippen molar-refractivity contribution in [3.05, 3.63) is 0 Å². The highest BCUT2D eigenvalue weighted by Gasteiger charge is 2.36. The van der Waals surface area contributed by atoms with Gasteiger partial charge in [-0.05, 0) is 33.0 Å². The minimum absolute atomic E-state index is 0.